The SMILES string of the molecule is Ic1nsc(-c2ccnc3ccccc23)n1. The average Bonchev–Trinajstić information content (AvgIpc) is 2.75. The molecule has 78 valence electrons. The normalized spacial score (nSPS) is 10.8. The van der Waals surface area contributed by atoms with Gasteiger partial charge in [-0.05, 0) is 23.7 Å². The molecule has 3 nitrogen and oxygen atoms in total. The van der Waals surface area contributed by atoms with E-state index >= 15 is 0 Å². The van der Waals surface area contributed by atoms with Crippen molar-refractivity contribution >= 4 is 45.0 Å². The van der Waals surface area contributed by atoms with E-state index in [1.807, 2.05) is 30.5 Å². The number of hydrogen-bond acceptors (Lipinski definition) is 4. The van der Waals surface area contributed by atoms with Gasteiger partial charge in [-0.2, -0.15) is 4.37 Å². The lowest BCUT2D eigenvalue weighted by Gasteiger charge is -2.01. The lowest BCUT2D eigenvalue weighted by Crippen LogP contribution is -1.83. The van der Waals surface area contributed by atoms with Crippen LogP contribution in [0, 0.1) is 3.83 Å². The van der Waals surface area contributed by atoms with Crippen molar-refractivity contribution < 1.29 is 0 Å². The molecule has 0 aliphatic carbocycles. The summed E-state index contributed by atoms with van der Waals surface area (Å²) in [4.78, 5) is 8.73. The topological polar surface area (TPSA) is 38.7 Å². The highest BCUT2D eigenvalue weighted by Crippen LogP contribution is 2.28. The van der Waals surface area contributed by atoms with E-state index in [0.29, 0.717) is 0 Å². The van der Waals surface area contributed by atoms with Crippen LogP contribution in [-0.4, -0.2) is 14.3 Å². The Morgan fingerprint density at radius 3 is 2.81 bits per heavy atom. The first-order chi connectivity index (χ1) is 7.84. The molecular weight excluding hydrogens is 333 g/mol. The minimum Gasteiger partial charge on any atom is -0.256 e. The second-order valence-corrected chi connectivity index (χ2v) is 4.96. The molecule has 0 saturated carbocycles. The van der Waals surface area contributed by atoms with Gasteiger partial charge in [0, 0.05) is 39.7 Å². The van der Waals surface area contributed by atoms with Crippen LogP contribution in [0.2, 0.25) is 0 Å². The van der Waals surface area contributed by atoms with Crippen molar-refractivity contribution in [3.8, 4) is 10.6 Å². The molecule has 0 aliphatic heterocycles. The Morgan fingerprint density at radius 2 is 2.00 bits per heavy atom. The van der Waals surface area contributed by atoms with E-state index in [0.717, 1.165) is 25.3 Å². The highest BCUT2D eigenvalue weighted by Gasteiger charge is 2.08. The highest BCUT2D eigenvalue weighted by atomic mass is 127. The maximum Gasteiger partial charge on any atom is 0.203 e. The molecule has 1 aromatic carbocycles. The van der Waals surface area contributed by atoms with Crippen LogP contribution in [0.5, 0.6) is 0 Å². The van der Waals surface area contributed by atoms with E-state index in [4.69, 9.17) is 0 Å². The summed E-state index contributed by atoms with van der Waals surface area (Å²) >= 11 is 3.54. The Kier molecular flexibility index (Phi) is 2.56. The largest absolute Gasteiger partial charge is 0.256 e. The van der Waals surface area contributed by atoms with Gasteiger partial charge in [-0.15, -0.1) is 0 Å². The van der Waals surface area contributed by atoms with Crippen molar-refractivity contribution in [1.82, 2.24) is 14.3 Å². The minimum absolute atomic E-state index is 0.790. The quantitative estimate of drug-likeness (QED) is 0.638. The summed E-state index contributed by atoms with van der Waals surface area (Å²) in [7, 11) is 0. The van der Waals surface area contributed by atoms with Crippen molar-refractivity contribution in [2.75, 3.05) is 0 Å². The van der Waals surface area contributed by atoms with Gasteiger partial charge in [-0.3, -0.25) is 4.98 Å². The Morgan fingerprint density at radius 1 is 1.12 bits per heavy atom. The summed E-state index contributed by atoms with van der Waals surface area (Å²) in [5.74, 6) is 0. The summed E-state index contributed by atoms with van der Waals surface area (Å²) in [5, 5.41) is 2.07. The van der Waals surface area contributed by atoms with Crippen molar-refractivity contribution in [2.24, 2.45) is 0 Å². The molecule has 0 radical (unpaired) electrons. The number of fused-ring (bicyclic) bond motifs is 1. The van der Waals surface area contributed by atoms with Crippen LogP contribution in [0.4, 0.5) is 0 Å². The zero-order valence-corrected chi connectivity index (χ0v) is 11.1. The third-order valence-corrected chi connectivity index (χ3v) is 3.84. The predicted molar refractivity (Wildman–Crippen MR) is 73.4 cm³/mol. The zero-order chi connectivity index (χ0) is 11.0. The Hall–Kier alpha value is -1.08. The van der Waals surface area contributed by atoms with Crippen LogP contribution in [0.1, 0.15) is 0 Å². The van der Waals surface area contributed by atoms with Crippen LogP contribution >= 0.6 is 34.1 Å². The van der Waals surface area contributed by atoms with Gasteiger partial charge in [0.2, 0.25) is 3.83 Å². The van der Waals surface area contributed by atoms with Crippen LogP contribution in [-0.2, 0) is 0 Å². The first kappa shape index (κ1) is 10.1. The van der Waals surface area contributed by atoms with Gasteiger partial charge in [0.1, 0.15) is 5.01 Å². The summed E-state index contributed by atoms with van der Waals surface area (Å²) < 4.78 is 4.99. The second-order valence-electron chi connectivity index (χ2n) is 3.24. The van der Waals surface area contributed by atoms with E-state index in [1.165, 1.54) is 11.5 Å². The fraction of sp³-hybridized carbons (Fsp3) is 0. The molecule has 0 N–H and O–H groups in total. The molecule has 0 atom stereocenters. The number of benzene rings is 1. The number of halogens is 1. The van der Waals surface area contributed by atoms with Gasteiger partial charge in [0.05, 0.1) is 5.52 Å². The molecule has 3 aromatic rings. The molecule has 2 heterocycles. The molecule has 0 amide bonds. The Bertz CT molecular complexity index is 645. The van der Waals surface area contributed by atoms with E-state index < -0.39 is 0 Å². The number of para-hydroxylation sites is 1. The summed E-state index contributed by atoms with van der Waals surface area (Å²) in [6.45, 7) is 0. The van der Waals surface area contributed by atoms with Crippen LogP contribution in [0.25, 0.3) is 21.5 Å². The first-order valence-electron chi connectivity index (χ1n) is 4.68. The monoisotopic (exact) mass is 339 g/mol. The van der Waals surface area contributed by atoms with Gasteiger partial charge in [0.15, 0.2) is 0 Å². The highest BCUT2D eigenvalue weighted by molar-refractivity contribution is 14.1. The van der Waals surface area contributed by atoms with E-state index in [9.17, 15) is 0 Å². The van der Waals surface area contributed by atoms with Crippen molar-refractivity contribution in [2.45, 2.75) is 0 Å². The lowest BCUT2D eigenvalue weighted by molar-refractivity contribution is 1.25. The fourth-order valence-corrected chi connectivity index (χ4v) is 2.90. The molecule has 0 aliphatic rings. The fourth-order valence-electron chi connectivity index (χ4n) is 1.60. The molecule has 0 unspecified atom stereocenters. The van der Waals surface area contributed by atoms with Gasteiger partial charge < -0.3 is 0 Å². The van der Waals surface area contributed by atoms with E-state index in [2.05, 4.69) is 43.0 Å². The zero-order valence-electron chi connectivity index (χ0n) is 8.09. The number of aromatic nitrogens is 3. The Labute approximate surface area is 110 Å². The number of pyridine rings is 1. The molecule has 0 bridgehead atoms. The lowest BCUT2D eigenvalue weighted by atomic mass is 10.1. The van der Waals surface area contributed by atoms with Crippen LogP contribution in [0.15, 0.2) is 36.5 Å². The average molecular weight is 339 g/mol. The predicted octanol–water partition coefficient (Wildman–Crippen LogP) is 3.36. The number of nitrogens with zero attached hydrogens (tertiary/aromatic N) is 3. The van der Waals surface area contributed by atoms with E-state index in [1.54, 1.807) is 0 Å². The standard InChI is InChI=1S/C11H6IN3S/c12-11-14-10(16-15-11)8-5-6-13-9-4-2-1-3-7(8)9/h1-6H. The maximum atomic E-state index is 4.40. The molecule has 2 aromatic heterocycles. The molecule has 16 heavy (non-hydrogen) atoms. The summed E-state index contributed by atoms with van der Waals surface area (Å²) in [6.07, 6.45) is 1.81. The third kappa shape index (κ3) is 1.69. The van der Waals surface area contributed by atoms with Gasteiger partial charge in [-0.1, -0.05) is 18.2 Å². The van der Waals surface area contributed by atoms with Crippen LogP contribution < -0.4 is 0 Å². The van der Waals surface area contributed by atoms with Gasteiger partial charge >= 0.3 is 0 Å². The summed E-state index contributed by atoms with van der Waals surface area (Å²) in [5.41, 5.74) is 2.09. The maximum absolute atomic E-state index is 4.40. The second kappa shape index (κ2) is 4.06. The van der Waals surface area contributed by atoms with E-state index in [-0.39, 0.29) is 0 Å². The Balaban J connectivity index is 2.31. The molecule has 0 saturated heterocycles. The molecule has 0 spiro atoms. The van der Waals surface area contributed by atoms with Crippen molar-refractivity contribution in [3.63, 3.8) is 0 Å². The molecule has 3 rings (SSSR count). The first-order valence-corrected chi connectivity index (χ1v) is 6.53. The minimum atomic E-state index is 0.790. The molecule has 0 fully saturated rings. The third-order valence-electron chi connectivity index (χ3n) is 2.28. The van der Waals surface area contributed by atoms with Gasteiger partial charge in [-0.25, -0.2) is 4.98 Å². The molecular formula is C11H6IN3S. The number of rotatable bonds is 1. The molecule has 5 heteroatoms. The number of hydrogen-bond donors (Lipinski definition) is 0. The van der Waals surface area contributed by atoms with Crippen molar-refractivity contribution in [3.05, 3.63) is 40.4 Å². The van der Waals surface area contributed by atoms with Crippen LogP contribution in [0.3, 0.4) is 0 Å². The van der Waals surface area contributed by atoms with Crippen molar-refractivity contribution in [1.29, 1.82) is 0 Å². The van der Waals surface area contributed by atoms with Gasteiger partial charge in [0.25, 0.3) is 0 Å². The summed E-state index contributed by atoms with van der Waals surface area (Å²) in [6, 6.07) is 10.1. The smallest absolute Gasteiger partial charge is 0.203 e.